The van der Waals surface area contributed by atoms with Crippen molar-refractivity contribution in [2.75, 3.05) is 31.3 Å². The number of rotatable bonds is 7. The third-order valence-electron chi connectivity index (χ3n) is 4.86. The molecule has 0 saturated carbocycles. The van der Waals surface area contributed by atoms with Gasteiger partial charge in [0.05, 0.1) is 25.9 Å². The number of amides is 1. The van der Waals surface area contributed by atoms with E-state index in [0.717, 1.165) is 16.8 Å². The second kappa shape index (κ2) is 9.18. The second-order valence-electron chi connectivity index (χ2n) is 6.92. The predicted molar refractivity (Wildman–Crippen MR) is 112 cm³/mol. The van der Waals surface area contributed by atoms with Gasteiger partial charge in [-0.25, -0.2) is 0 Å². The minimum Gasteiger partial charge on any atom is -0.490 e. The molecule has 1 heterocycles. The molecule has 6 nitrogen and oxygen atoms in total. The van der Waals surface area contributed by atoms with E-state index >= 15 is 0 Å². The molecule has 29 heavy (non-hydrogen) atoms. The van der Waals surface area contributed by atoms with Gasteiger partial charge in [-0.2, -0.15) is 0 Å². The van der Waals surface area contributed by atoms with Gasteiger partial charge in [0.25, 0.3) is 5.91 Å². The second-order valence-corrected chi connectivity index (χ2v) is 6.92. The van der Waals surface area contributed by atoms with Gasteiger partial charge in [-0.1, -0.05) is 17.7 Å². The Labute approximate surface area is 172 Å². The maximum Gasteiger partial charge on any atom is 0.258 e. The highest BCUT2D eigenvalue weighted by atomic mass is 16.5. The molecule has 0 spiro atoms. The van der Waals surface area contributed by atoms with Crippen molar-refractivity contribution in [3.63, 3.8) is 0 Å². The van der Waals surface area contributed by atoms with Crippen LogP contribution in [-0.2, 0) is 0 Å². The molecule has 2 aromatic rings. The Hall–Kier alpha value is -2.73. The average Bonchev–Trinajstić information content (AvgIpc) is 2.70. The molecule has 1 unspecified atom stereocenters. The molecule has 0 bridgehead atoms. The van der Waals surface area contributed by atoms with E-state index in [9.17, 15) is 9.90 Å². The molecule has 0 radical (unpaired) electrons. The first-order valence-corrected chi connectivity index (χ1v) is 10.2. The van der Waals surface area contributed by atoms with Crippen LogP contribution in [0.4, 0.5) is 5.69 Å². The fraction of sp³-hybridized carbons (Fsp3) is 0.435. The summed E-state index contributed by atoms with van der Waals surface area (Å²) in [6.45, 7) is 9.43. The lowest BCUT2D eigenvalue weighted by atomic mass is 9.96. The van der Waals surface area contributed by atoms with Crippen LogP contribution in [-0.4, -0.2) is 37.4 Å². The number of hydrogen-bond donors (Lipinski definition) is 1. The van der Waals surface area contributed by atoms with Crippen molar-refractivity contribution in [1.29, 1.82) is 0 Å². The summed E-state index contributed by atoms with van der Waals surface area (Å²) >= 11 is 0. The van der Waals surface area contributed by atoms with Crippen molar-refractivity contribution in [1.82, 2.24) is 0 Å². The number of aliphatic hydroxyl groups excluding tert-OH is 1. The Bertz CT molecular complexity index is 853. The fourth-order valence-electron chi connectivity index (χ4n) is 3.59. The summed E-state index contributed by atoms with van der Waals surface area (Å²) in [5, 5.41) is 10.4. The van der Waals surface area contributed by atoms with Gasteiger partial charge in [0.15, 0.2) is 11.5 Å². The molecule has 1 N–H and O–H groups in total. The number of aliphatic hydroxyl groups is 1. The fourth-order valence-corrected chi connectivity index (χ4v) is 3.59. The molecule has 6 heteroatoms. The zero-order valence-electron chi connectivity index (χ0n) is 17.5. The normalized spacial score (nSPS) is 15.6. The standard InChI is InChI=1S/C23H29NO5/c1-5-27-20-13-16(14-21(28-6-2)22(20)29-7-3)23(26)24-11-10-19(25)17-12-15(4)8-9-18(17)24/h8-9,12-14,19,25H,5-7,10-11H2,1-4H3. The number of nitrogens with zero attached hydrogens (tertiary/aromatic N) is 1. The Morgan fingerprint density at radius 1 is 1.03 bits per heavy atom. The summed E-state index contributed by atoms with van der Waals surface area (Å²) in [4.78, 5) is 15.1. The number of ether oxygens (including phenoxy) is 3. The van der Waals surface area contributed by atoms with Crippen LogP contribution in [0.3, 0.4) is 0 Å². The largest absolute Gasteiger partial charge is 0.490 e. The monoisotopic (exact) mass is 399 g/mol. The minimum atomic E-state index is -0.563. The van der Waals surface area contributed by atoms with Gasteiger partial charge in [-0.3, -0.25) is 4.79 Å². The summed E-state index contributed by atoms with van der Waals surface area (Å²) in [6.07, 6.45) is -0.0668. The van der Waals surface area contributed by atoms with Crippen molar-refractivity contribution in [2.24, 2.45) is 0 Å². The van der Waals surface area contributed by atoms with Crippen molar-refractivity contribution in [3.8, 4) is 17.2 Å². The zero-order chi connectivity index (χ0) is 21.0. The van der Waals surface area contributed by atoms with Crippen LogP contribution in [0.25, 0.3) is 0 Å². The molecule has 1 amide bonds. The van der Waals surface area contributed by atoms with Gasteiger partial charge in [0.1, 0.15) is 0 Å². The van der Waals surface area contributed by atoms with Crippen LogP contribution in [0.1, 0.15) is 54.8 Å². The van der Waals surface area contributed by atoms with E-state index in [0.29, 0.717) is 55.6 Å². The van der Waals surface area contributed by atoms with Crippen LogP contribution in [0.15, 0.2) is 30.3 Å². The number of fused-ring (bicyclic) bond motifs is 1. The van der Waals surface area contributed by atoms with Crippen LogP contribution in [0, 0.1) is 6.92 Å². The van der Waals surface area contributed by atoms with Crippen LogP contribution >= 0.6 is 0 Å². The maximum atomic E-state index is 13.4. The van der Waals surface area contributed by atoms with Crippen molar-refractivity contribution in [3.05, 3.63) is 47.0 Å². The number of carbonyl (C=O) groups is 1. The minimum absolute atomic E-state index is 0.160. The number of aryl methyl sites for hydroxylation is 1. The van der Waals surface area contributed by atoms with Crippen molar-refractivity contribution >= 4 is 11.6 Å². The van der Waals surface area contributed by atoms with Crippen LogP contribution in [0.5, 0.6) is 17.2 Å². The van der Waals surface area contributed by atoms with Crippen LogP contribution in [0.2, 0.25) is 0 Å². The molecule has 0 saturated heterocycles. The quantitative estimate of drug-likeness (QED) is 0.753. The molecule has 0 aliphatic carbocycles. The van der Waals surface area contributed by atoms with E-state index in [1.165, 1.54) is 0 Å². The summed E-state index contributed by atoms with van der Waals surface area (Å²) in [5.41, 5.74) is 3.04. The van der Waals surface area contributed by atoms with Crippen molar-refractivity contribution in [2.45, 2.75) is 40.2 Å². The lowest BCUT2D eigenvalue weighted by molar-refractivity contribution is 0.0969. The predicted octanol–water partition coefficient (Wildman–Crippen LogP) is 4.28. The molecule has 0 aromatic heterocycles. The van der Waals surface area contributed by atoms with E-state index in [2.05, 4.69) is 0 Å². The highest BCUT2D eigenvalue weighted by molar-refractivity contribution is 6.07. The number of hydrogen-bond acceptors (Lipinski definition) is 5. The van der Waals surface area contributed by atoms with Gasteiger partial charge in [0.2, 0.25) is 5.75 Å². The van der Waals surface area contributed by atoms with E-state index in [1.807, 2.05) is 45.9 Å². The molecule has 1 atom stereocenters. The summed E-state index contributed by atoms with van der Waals surface area (Å²) in [7, 11) is 0. The molecule has 0 fully saturated rings. The highest BCUT2D eigenvalue weighted by Crippen LogP contribution is 2.41. The molecule has 3 rings (SSSR count). The van der Waals surface area contributed by atoms with E-state index in [4.69, 9.17) is 14.2 Å². The van der Waals surface area contributed by atoms with Crippen LogP contribution < -0.4 is 19.1 Å². The Morgan fingerprint density at radius 2 is 1.66 bits per heavy atom. The van der Waals surface area contributed by atoms with Crippen molar-refractivity contribution < 1.29 is 24.1 Å². The van der Waals surface area contributed by atoms with E-state index in [-0.39, 0.29) is 5.91 Å². The number of anilines is 1. The SMILES string of the molecule is CCOc1cc(C(=O)N2CCC(O)c3cc(C)ccc32)cc(OCC)c1OCC. The Kier molecular flexibility index (Phi) is 6.64. The summed E-state index contributed by atoms with van der Waals surface area (Å²) < 4.78 is 17.2. The number of carbonyl (C=O) groups excluding carboxylic acids is 1. The smallest absolute Gasteiger partial charge is 0.258 e. The summed E-state index contributed by atoms with van der Waals surface area (Å²) in [6, 6.07) is 9.20. The van der Waals surface area contributed by atoms with Gasteiger partial charge in [0, 0.05) is 23.4 Å². The number of benzene rings is 2. The molecular weight excluding hydrogens is 370 g/mol. The van der Waals surface area contributed by atoms with Gasteiger partial charge in [-0.15, -0.1) is 0 Å². The molecule has 2 aromatic carbocycles. The van der Waals surface area contributed by atoms with Gasteiger partial charge < -0.3 is 24.2 Å². The van der Waals surface area contributed by atoms with Gasteiger partial charge in [-0.05, 0) is 52.3 Å². The molecule has 1 aliphatic heterocycles. The lowest BCUT2D eigenvalue weighted by Gasteiger charge is -2.32. The summed E-state index contributed by atoms with van der Waals surface area (Å²) in [5.74, 6) is 1.33. The molecule has 156 valence electrons. The first-order chi connectivity index (χ1) is 14.0. The zero-order valence-corrected chi connectivity index (χ0v) is 17.5. The van der Waals surface area contributed by atoms with Gasteiger partial charge >= 0.3 is 0 Å². The van der Waals surface area contributed by atoms with E-state index in [1.54, 1.807) is 17.0 Å². The Balaban J connectivity index is 2.04. The average molecular weight is 399 g/mol. The third kappa shape index (κ3) is 4.32. The maximum absolute atomic E-state index is 13.4. The Morgan fingerprint density at radius 3 is 2.24 bits per heavy atom. The first kappa shape index (κ1) is 21.0. The molecule has 1 aliphatic rings. The molecular formula is C23H29NO5. The lowest BCUT2D eigenvalue weighted by Crippen LogP contribution is -2.36. The third-order valence-corrected chi connectivity index (χ3v) is 4.86. The topological polar surface area (TPSA) is 68.2 Å². The van der Waals surface area contributed by atoms with E-state index < -0.39 is 6.10 Å². The highest BCUT2D eigenvalue weighted by Gasteiger charge is 2.29. The first-order valence-electron chi connectivity index (χ1n) is 10.2.